The van der Waals surface area contributed by atoms with E-state index in [4.69, 9.17) is 15.2 Å². The van der Waals surface area contributed by atoms with Gasteiger partial charge < -0.3 is 15.2 Å². The lowest BCUT2D eigenvalue weighted by Gasteiger charge is -2.13. The number of hydrogen-bond donors (Lipinski definition) is 1. The van der Waals surface area contributed by atoms with E-state index in [1.165, 1.54) is 0 Å². The number of nitrogens with zero attached hydrogens (tertiary/aromatic N) is 3. The molecule has 0 atom stereocenters. The van der Waals surface area contributed by atoms with Crippen molar-refractivity contribution < 1.29 is 9.47 Å². The molecule has 0 aliphatic carbocycles. The summed E-state index contributed by atoms with van der Waals surface area (Å²) in [7, 11) is 3.25. The third-order valence-corrected chi connectivity index (χ3v) is 3.71. The molecule has 0 saturated carbocycles. The normalized spacial score (nSPS) is 10.6. The van der Waals surface area contributed by atoms with Crippen LogP contribution in [0.2, 0.25) is 0 Å². The van der Waals surface area contributed by atoms with Gasteiger partial charge in [-0.05, 0) is 36.9 Å². The Hall–Kier alpha value is -2.86. The van der Waals surface area contributed by atoms with Crippen LogP contribution in [0.1, 0.15) is 5.69 Å². The highest BCUT2D eigenvalue weighted by atomic mass is 16.5. The fourth-order valence-corrected chi connectivity index (χ4v) is 2.63. The molecule has 0 aliphatic heterocycles. The van der Waals surface area contributed by atoms with Gasteiger partial charge in [0, 0.05) is 18.2 Å². The molecular formula is C18H20N4O2. The van der Waals surface area contributed by atoms with Crippen LogP contribution >= 0.6 is 0 Å². The van der Waals surface area contributed by atoms with Crippen LogP contribution in [0.15, 0.2) is 48.7 Å². The van der Waals surface area contributed by atoms with E-state index in [1.807, 2.05) is 47.1 Å². The van der Waals surface area contributed by atoms with Crippen molar-refractivity contribution in [1.29, 1.82) is 0 Å². The van der Waals surface area contributed by atoms with Crippen LogP contribution in [0.5, 0.6) is 11.5 Å². The minimum Gasteiger partial charge on any atom is -0.493 e. The monoisotopic (exact) mass is 324 g/mol. The number of pyridine rings is 1. The third-order valence-electron chi connectivity index (χ3n) is 3.71. The van der Waals surface area contributed by atoms with E-state index in [0.717, 1.165) is 22.8 Å². The Balaban J connectivity index is 2.21. The highest BCUT2D eigenvalue weighted by Gasteiger charge is 2.18. The Kier molecular flexibility index (Phi) is 4.77. The van der Waals surface area contributed by atoms with E-state index in [-0.39, 0.29) is 0 Å². The van der Waals surface area contributed by atoms with Gasteiger partial charge in [0.1, 0.15) is 0 Å². The van der Waals surface area contributed by atoms with Gasteiger partial charge in [-0.3, -0.25) is 0 Å². The summed E-state index contributed by atoms with van der Waals surface area (Å²) in [6.07, 6.45) is 2.44. The Morgan fingerprint density at radius 3 is 2.62 bits per heavy atom. The van der Waals surface area contributed by atoms with Crippen LogP contribution in [0, 0.1) is 0 Å². The summed E-state index contributed by atoms with van der Waals surface area (Å²) < 4.78 is 12.8. The zero-order chi connectivity index (χ0) is 16.9. The summed E-state index contributed by atoms with van der Waals surface area (Å²) in [5, 5.41) is 4.66. The van der Waals surface area contributed by atoms with Gasteiger partial charge in [0.25, 0.3) is 0 Å². The van der Waals surface area contributed by atoms with Gasteiger partial charge in [0.2, 0.25) is 0 Å². The van der Waals surface area contributed by atoms with Gasteiger partial charge in [-0.15, -0.1) is 0 Å². The lowest BCUT2D eigenvalue weighted by atomic mass is 10.1. The number of nitrogens with two attached hydrogens (primary N) is 1. The summed E-state index contributed by atoms with van der Waals surface area (Å²) >= 11 is 0. The van der Waals surface area contributed by atoms with Crippen LogP contribution in [0.3, 0.4) is 0 Å². The second-order valence-electron chi connectivity index (χ2n) is 5.20. The molecule has 3 aromatic rings. The van der Waals surface area contributed by atoms with Crippen molar-refractivity contribution >= 4 is 0 Å². The number of ether oxygens (including phenoxy) is 2. The summed E-state index contributed by atoms with van der Waals surface area (Å²) in [6, 6.07) is 13.5. The van der Waals surface area contributed by atoms with Crippen molar-refractivity contribution in [1.82, 2.24) is 14.8 Å². The van der Waals surface area contributed by atoms with Gasteiger partial charge in [0.05, 0.1) is 25.6 Å². The fraction of sp³-hybridized carbons (Fsp3) is 0.222. The van der Waals surface area contributed by atoms with Crippen LogP contribution in [0.4, 0.5) is 0 Å². The van der Waals surface area contributed by atoms with E-state index in [2.05, 4.69) is 10.1 Å². The zero-order valence-corrected chi connectivity index (χ0v) is 13.8. The molecule has 124 valence electrons. The van der Waals surface area contributed by atoms with Crippen molar-refractivity contribution in [3.05, 3.63) is 54.4 Å². The first kappa shape index (κ1) is 16.0. The summed E-state index contributed by atoms with van der Waals surface area (Å²) in [5.41, 5.74) is 8.36. The predicted octanol–water partition coefficient (Wildman–Crippen LogP) is 2.45. The molecule has 0 aliphatic rings. The molecule has 2 heterocycles. The fourth-order valence-electron chi connectivity index (χ4n) is 2.63. The molecule has 3 rings (SSSR count). The molecule has 2 aromatic heterocycles. The first-order valence-corrected chi connectivity index (χ1v) is 7.70. The van der Waals surface area contributed by atoms with Crippen molar-refractivity contribution in [2.75, 3.05) is 20.8 Å². The largest absolute Gasteiger partial charge is 0.493 e. The molecule has 0 amide bonds. The summed E-state index contributed by atoms with van der Waals surface area (Å²) in [5.74, 6) is 2.07. The number of hydrogen-bond acceptors (Lipinski definition) is 5. The molecule has 0 saturated heterocycles. The molecule has 0 radical (unpaired) electrons. The Morgan fingerprint density at radius 1 is 1.08 bits per heavy atom. The molecule has 0 unspecified atom stereocenters. The molecular weight excluding hydrogens is 304 g/mol. The van der Waals surface area contributed by atoms with Gasteiger partial charge >= 0.3 is 0 Å². The second kappa shape index (κ2) is 7.14. The van der Waals surface area contributed by atoms with E-state index in [1.54, 1.807) is 20.4 Å². The van der Waals surface area contributed by atoms with E-state index < -0.39 is 0 Å². The van der Waals surface area contributed by atoms with Crippen LogP contribution in [-0.2, 0) is 6.42 Å². The first-order chi connectivity index (χ1) is 11.8. The molecule has 24 heavy (non-hydrogen) atoms. The Morgan fingerprint density at radius 2 is 1.96 bits per heavy atom. The van der Waals surface area contributed by atoms with Gasteiger partial charge in [-0.1, -0.05) is 12.1 Å². The average molecular weight is 324 g/mol. The smallest absolute Gasteiger partial charge is 0.170 e. The summed E-state index contributed by atoms with van der Waals surface area (Å²) in [6.45, 7) is 0.536. The van der Waals surface area contributed by atoms with E-state index in [9.17, 15) is 0 Å². The highest BCUT2D eigenvalue weighted by molar-refractivity contribution is 5.72. The highest BCUT2D eigenvalue weighted by Crippen LogP contribution is 2.38. The predicted molar refractivity (Wildman–Crippen MR) is 92.7 cm³/mol. The van der Waals surface area contributed by atoms with E-state index >= 15 is 0 Å². The number of benzene rings is 1. The number of methoxy groups -OCH3 is 2. The molecule has 0 bridgehead atoms. The van der Waals surface area contributed by atoms with Gasteiger partial charge in [-0.2, -0.15) is 5.10 Å². The lowest BCUT2D eigenvalue weighted by Crippen LogP contribution is -2.05. The molecule has 2 N–H and O–H groups in total. The van der Waals surface area contributed by atoms with E-state index in [0.29, 0.717) is 24.5 Å². The number of aromatic nitrogens is 3. The van der Waals surface area contributed by atoms with Crippen molar-refractivity contribution in [3.8, 4) is 28.6 Å². The minimum atomic E-state index is 0.536. The topological polar surface area (TPSA) is 75.2 Å². The Bertz CT molecular complexity index is 815. The third kappa shape index (κ3) is 2.96. The van der Waals surface area contributed by atoms with Crippen molar-refractivity contribution in [2.45, 2.75) is 6.42 Å². The molecule has 6 heteroatoms. The van der Waals surface area contributed by atoms with Crippen LogP contribution in [0.25, 0.3) is 17.1 Å². The van der Waals surface area contributed by atoms with Crippen LogP contribution in [-0.4, -0.2) is 35.5 Å². The molecule has 6 nitrogen and oxygen atoms in total. The average Bonchev–Trinajstić information content (AvgIpc) is 3.05. The number of rotatable bonds is 6. The quantitative estimate of drug-likeness (QED) is 0.754. The Labute approximate surface area is 140 Å². The second-order valence-corrected chi connectivity index (χ2v) is 5.20. The molecule has 0 spiro atoms. The minimum absolute atomic E-state index is 0.536. The molecule has 0 fully saturated rings. The SMILES string of the molecule is COc1cccc(-c2cc(CCN)nn2-c2ccccn2)c1OC. The first-order valence-electron chi connectivity index (χ1n) is 7.70. The lowest BCUT2D eigenvalue weighted by molar-refractivity contribution is 0.356. The zero-order valence-electron chi connectivity index (χ0n) is 13.8. The maximum atomic E-state index is 5.69. The summed E-state index contributed by atoms with van der Waals surface area (Å²) in [4.78, 5) is 4.40. The van der Waals surface area contributed by atoms with Crippen LogP contribution < -0.4 is 15.2 Å². The van der Waals surface area contributed by atoms with Crippen molar-refractivity contribution in [2.24, 2.45) is 5.73 Å². The number of para-hydroxylation sites is 1. The maximum Gasteiger partial charge on any atom is 0.170 e. The van der Waals surface area contributed by atoms with Gasteiger partial charge in [0.15, 0.2) is 17.3 Å². The molecule has 1 aromatic carbocycles. The standard InChI is InChI=1S/C18H20N4O2/c1-23-16-7-5-6-14(18(16)24-2)15-12-13(9-10-19)21-22(15)17-8-3-4-11-20-17/h3-8,11-12H,9-10,19H2,1-2H3. The maximum absolute atomic E-state index is 5.69. The van der Waals surface area contributed by atoms with Crippen molar-refractivity contribution in [3.63, 3.8) is 0 Å². The van der Waals surface area contributed by atoms with Gasteiger partial charge in [-0.25, -0.2) is 9.67 Å².